The molecular weight excluding hydrogens is 336 g/mol. The number of hydrogen-bond donors (Lipinski definition) is 1. The molecule has 4 heteroatoms. The summed E-state index contributed by atoms with van der Waals surface area (Å²) in [6, 6.07) is 24.8. The van der Waals surface area contributed by atoms with Crippen LogP contribution in [-0.2, 0) is 4.74 Å². The highest BCUT2D eigenvalue weighted by molar-refractivity contribution is 6.31. The Bertz CT molecular complexity index is 834. The lowest BCUT2D eigenvalue weighted by Crippen LogP contribution is -2.19. The minimum absolute atomic E-state index is 0.416. The summed E-state index contributed by atoms with van der Waals surface area (Å²) < 4.78 is 5.65. The Kier molecular flexibility index (Phi) is 5.49. The van der Waals surface area contributed by atoms with E-state index < -0.39 is 18.2 Å². The van der Waals surface area contributed by atoms with E-state index in [2.05, 4.69) is 0 Å². The van der Waals surface area contributed by atoms with Crippen LogP contribution in [0.1, 0.15) is 33.7 Å². The molecule has 0 heterocycles. The molecule has 0 aliphatic rings. The van der Waals surface area contributed by atoms with Crippen molar-refractivity contribution >= 4 is 17.6 Å². The van der Waals surface area contributed by atoms with Crippen molar-refractivity contribution in [1.82, 2.24) is 0 Å². The first-order chi connectivity index (χ1) is 12.2. The van der Waals surface area contributed by atoms with Gasteiger partial charge in [0.15, 0.2) is 6.10 Å². The zero-order valence-electron chi connectivity index (χ0n) is 13.4. The Morgan fingerprint density at radius 3 is 2.04 bits per heavy atom. The topological polar surface area (TPSA) is 46.5 Å². The van der Waals surface area contributed by atoms with Gasteiger partial charge in [-0.1, -0.05) is 78.3 Å². The van der Waals surface area contributed by atoms with Gasteiger partial charge in [0, 0.05) is 10.6 Å². The van der Waals surface area contributed by atoms with Crippen LogP contribution < -0.4 is 0 Å². The van der Waals surface area contributed by atoms with Crippen LogP contribution in [0.3, 0.4) is 0 Å². The average molecular weight is 353 g/mol. The number of ether oxygens (including phenoxy) is 1. The van der Waals surface area contributed by atoms with Gasteiger partial charge in [-0.15, -0.1) is 0 Å². The van der Waals surface area contributed by atoms with Crippen LogP contribution in [0.4, 0.5) is 0 Å². The normalized spacial score (nSPS) is 13.0. The SMILES string of the molecule is O=C(O[C@@H](c1ccccc1Cl)[C@H](O)c1ccccc1)c1ccccc1. The number of benzene rings is 3. The van der Waals surface area contributed by atoms with Crippen LogP contribution in [0.5, 0.6) is 0 Å². The molecule has 3 rings (SSSR count). The Morgan fingerprint density at radius 1 is 0.840 bits per heavy atom. The van der Waals surface area contributed by atoms with E-state index in [0.29, 0.717) is 21.7 Å². The average Bonchev–Trinajstić information content (AvgIpc) is 2.67. The van der Waals surface area contributed by atoms with Gasteiger partial charge in [0.2, 0.25) is 0 Å². The van der Waals surface area contributed by atoms with Gasteiger partial charge < -0.3 is 9.84 Å². The van der Waals surface area contributed by atoms with Gasteiger partial charge >= 0.3 is 5.97 Å². The second-order valence-electron chi connectivity index (χ2n) is 5.57. The van der Waals surface area contributed by atoms with Gasteiger partial charge in [-0.2, -0.15) is 0 Å². The van der Waals surface area contributed by atoms with Gasteiger partial charge in [-0.05, 0) is 23.8 Å². The minimum atomic E-state index is -1.03. The second-order valence-corrected chi connectivity index (χ2v) is 5.98. The van der Waals surface area contributed by atoms with Crippen molar-refractivity contribution in [3.05, 3.63) is 107 Å². The van der Waals surface area contributed by atoms with Gasteiger partial charge in [0.05, 0.1) is 5.56 Å². The van der Waals surface area contributed by atoms with Crippen LogP contribution >= 0.6 is 11.6 Å². The molecule has 25 heavy (non-hydrogen) atoms. The molecule has 3 aromatic rings. The molecule has 0 amide bonds. The van der Waals surface area contributed by atoms with Gasteiger partial charge in [-0.25, -0.2) is 4.79 Å². The standard InChI is InChI=1S/C21H17ClO3/c22-18-14-8-7-13-17(18)20(19(23)15-9-3-1-4-10-15)25-21(24)16-11-5-2-6-12-16/h1-14,19-20,23H/t19-,20+/m1/s1. The number of halogens is 1. The van der Waals surface area contributed by atoms with Crippen molar-refractivity contribution < 1.29 is 14.6 Å². The number of hydrogen-bond acceptors (Lipinski definition) is 3. The highest BCUT2D eigenvalue weighted by Gasteiger charge is 2.28. The molecule has 0 unspecified atom stereocenters. The van der Waals surface area contributed by atoms with E-state index in [1.807, 2.05) is 24.3 Å². The van der Waals surface area contributed by atoms with Crippen molar-refractivity contribution in [2.75, 3.05) is 0 Å². The van der Waals surface area contributed by atoms with Crippen molar-refractivity contribution in [3.63, 3.8) is 0 Å². The summed E-state index contributed by atoms with van der Waals surface area (Å²) >= 11 is 6.28. The Balaban J connectivity index is 1.95. The van der Waals surface area contributed by atoms with E-state index in [1.165, 1.54) is 0 Å². The zero-order chi connectivity index (χ0) is 17.6. The third-order valence-electron chi connectivity index (χ3n) is 3.88. The highest BCUT2D eigenvalue weighted by Crippen LogP contribution is 2.36. The molecule has 0 saturated carbocycles. The molecular formula is C21H17ClO3. The van der Waals surface area contributed by atoms with E-state index in [-0.39, 0.29) is 0 Å². The summed E-state index contributed by atoms with van der Waals surface area (Å²) in [7, 11) is 0. The fourth-order valence-corrected chi connectivity index (χ4v) is 2.83. The quantitative estimate of drug-likeness (QED) is 0.659. The molecule has 0 spiro atoms. The van der Waals surface area contributed by atoms with E-state index in [0.717, 1.165) is 0 Å². The van der Waals surface area contributed by atoms with Gasteiger partial charge in [0.25, 0.3) is 0 Å². The fourth-order valence-electron chi connectivity index (χ4n) is 2.59. The Labute approximate surface area is 151 Å². The maximum absolute atomic E-state index is 12.5. The van der Waals surface area contributed by atoms with E-state index >= 15 is 0 Å². The number of aliphatic hydroxyl groups is 1. The summed E-state index contributed by atoms with van der Waals surface area (Å²) in [5.74, 6) is -0.513. The lowest BCUT2D eigenvalue weighted by molar-refractivity contribution is -0.0208. The maximum Gasteiger partial charge on any atom is 0.338 e. The highest BCUT2D eigenvalue weighted by atomic mass is 35.5. The minimum Gasteiger partial charge on any atom is -0.451 e. The predicted molar refractivity (Wildman–Crippen MR) is 97.5 cm³/mol. The van der Waals surface area contributed by atoms with Crippen LogP contribution in [-0.4, -0.2) is 11.1 Å². The van der Waals surface area contributed by atoms with Gasteiger partial charge in [-0.3, -0.25) is 0 Å². The summed E-state index contributed by atoms with van der Waals surface area (Å²) in [5.41, 5.74) is 1.62. The largest absolute Gasteiger partial charge is 0.451 e. The molecule has 126 valence electrons. The lowest BCUT2D eigenvalue weighted by atomic mass is 9.98. The van der Waals surface area contributed by atoms with Gasteiger partial charge in [0.1, 0.15) is 6.10 Å². The van der Waals surface area contributed by atoms with Crippen molar-refractivity contribution in [2.24, 2.45) is 0 Å². The summed E-state index contributed by atoms with van der Waals surface area (Å²) in [4.78, 5) is 12.5. The zero-order valence-corrected chi connectivity index (χ0v) is 14.1. The molecule has 2 atom stereocenters. The predicted octanol–water partition coefficient (Wildman–Crippen LogP) is 4.97. The van der Waals surface area contributed by atoms with Crippen LogP contribution in [0.25, 0.3) is 0 Å². The third-order valence-corrected chi connectivity index (χ3v) is 4.23. The Hall–Kier alpha value is -2.62. The molecule has 0 aliphatic carbocycles. The first kappa shape index (κ1) is 17.2. The number of aliphatic hydroxyl groups excluding tert-OH is 1. The molecule has 0 radical (unpaired) electrons. The van der Waals surface area contributed by atoms with E-state index in [1.54, 1.807) is 60.7 Å². The van der Waals surface area contributed by atoms with E-state index in [9.17, 15) is 9.90 Å². The smallest absolute Gasteiger partial charge is 0.338 e. The molecule has 1 N–H and O–H groups in total. The van der Waals surface area contributed by atoms with E-state index in [4.69, 9.17) is 16.3 Å². The number of carbonyl (C=O) groups excluding carboxylic acids is 1. The summed E-state index contributed by atoms with van der Waals surface area (Å²) in [6.07, 6.45) is -1.95. The third kappa shape index (κ3) is 4.08. The van der Waals surface area contributed by atoms with Crippen molar-refractivity contribution in [3.8, 4) is 0 Å². The molecule has 3 aromatic carbocycles. The fraction of sp³-hybridized carbons (Fsp3) is 0.0952. The molecule has 0 aliphatic heterocycles. The van der Waals surface area contributed by atoms with Crippen LogP contribution in [0, 0.1) is 0 Å². The number of carbonyl (C=O) groups is 1. The molecule has 0 aromatic heterocycles. The monoisotopic (exact) mass is 352 g/mol. The molecule has 0 fully saturated rings. The summed E-state index contributed by atoms with van der Waals surface area (Å²) in [6.45, 7) is 0. The Morgan fingerprint density at radius 2 is 1.40 bits per heavy atom. The molecule has 0 bridgehead atoms. The molecule has 0 saturated heterocycles. The maximum atomic E-state index is 12.5. The van der Waals surface area contributed by atoms with Crippen LogP contribution in [0.15, 0.2) is 84.9 Å². The second kappa shape index (κ2) is 7.97. The van der Waals surface area contributed by atoms with Crippen molar-refractivity contribution in [1.29, 1.82) is 0 Å². The number of rotatable bonds is 5. The van der Waals surface area contributed by atoms with Crippen LogP contribution in [0.2, 0.25) is 5.02 Å². The lowest BCUT2D eigenvalue weighted by Gasteiger charge is -2.25. The van der Waals surface area contributed by atoms with Crippen molar-refractivity contribution in [2.45, 2.75) is 12.2 Å². The number of esters is 1. The summed E-state index contributed by atoms with van der Waals surface area (Å²) in [5, 5.41) is 11.3. The first-order valence-electron chi connectivity index (χ1n) is 7.90. The first-order valence-corrected chi connectivity index (χ1v) is 8.28. The molecule has 3 nitrogen and oxygen atoms in total.